The monoisotopic (exact) mass is 319 g/mol. The molecule has 22 heavy (non-hydrogen) atoms. The molecular weight excluding hydrogens is 306 g/mol. The van der Waals surface area contributed by atoms with E-state index in [-0.39, 0.29) is 10.7 Å². The van der Waals surface area contributed by atoms with Gasteiger partial charge in [0.2, 0.25) is 0 Å². The van der Waals surface area contributed by atoms with Crippen LogP contribution in [0.3, 0.4) is 0 Å². The smallest absolute Gasteiger partial charge is 0.340 e. The Morgan fingerprint density at radius 1 is 1.55 bits per heavy atom. The van der Waals surface area contributed by atoms with Crippen LogP contribution in [0.2, 0.25) is 5.15 Å². The highest BCUT2D eigenvalue weighted by atomic mass is 35.5. The molecule has 7 heteroatoms. The van der Waals surface area contributed by atoms with Crippen molar-refractivity contribution in [3.05, 3.63) is 40.7 Å². The van der Waals surface area contributed by atoms with Gasteiger partial charge in [-0.3, -0.25) is 0 Å². The van der Waals surface area contributed by atoms with Gasteiger partial charge in [0.1, 0.15) is 22.5 Å². The second-order valence-electron chi connectivity index (χ2n) is 5.06. The zero-order valence-electron chi connectivity index (χ0n) is 12.1. The first-order valence-electron chi connectivity index (χ1n) is 6.58. The topological polar surface area (TPSA) is 88.1 Å². The van der Waals surface area contributed by atoms with Crippen molar-refractivity contribution >= 4 is 17.6 Å². The van der Waals surface area contributed by atoms with Crippen LogP contribution in [0.15, 0.2) is 24.4 Å². The standard InChI is InChI=1S/C15H14ClN3O3/c1-9(2)8-22-13-4-3-11(5-10(13)6-17)19-14(16)12(7-18-19)15(20)21/h3-5,7,9H,8H2,1-2H3,(H,20,21). The molecule has 1 N–H and O–H groups in total. The van der Waals surface area contributed by atoms with E-state index in [9.17, 15) is 10.1 Å². The predicted octanol–water partition coefficient (Wildman–Crippen LogP) is 3.13. The maximum atomic E-state index is 11.0. The molecule has 114 valence electrons. The summed E-state index contributed by atoms with van der Waals surface area (Å²) in [5.74, 6) is -0.347. The van der Waals surface area contributed by atoms with E-state index in [1.54, 1.807) is 18.2 Å². The molecule has 0 bridgehead atoms. The normalized spacial score (nSPS) is 10.5. The molecule has 0 saturated carbocycles. The van der Waals surface area contributed by atoms with Gasteiger partial charge in [-0.25, -0.2) is 9.48 Å². The number of aromatic carboxylic acids is 1. The number of rotatable bonds is 5. The summed E-state index contributed by atoms with van der Waals surface area (Å²) in [5, 5.41) is 22.1. The number of hydrogen-bond donors (Lipinski definition) is 1. The van der Waals surface area contributed by atoms with E-state index in [1.807, 2.05) is 13.8 Å². The fourth-order valence-electron chi connectivity index (χ4n) is 1.78. The lowest BCUT2D eigenvalue weighted by atomic mass is 10.2. The highest BCUT2D eigenvalue weighted by Crippen LogP contribution is 2.25. The fraction of sp³-hybridized carbons (Fsp3) is 0.267. The summed E-state index contributed by atoms with van der Waals surface area (Å²) in [4.78, 5) is 11.0. The molecule has 0 atom stereocenters. The van der Waals surface area contributed by atoms with E-state index in [2.05, 4.69) is 11.2 Å². The molecule has 0 aliphatic rings. The van der Waals surface area contributed by atoms with Crippen LogP contribution in [0.25, 0.3) is 5.69 Å². The van der Waals surface area contributed by atoms with Crippen molar-refractivity contribution in [1.29, 1.82) is 5.26 Å². The molecule has 0 amide bonds. The van der Waals surface area contributed by atoms with Crippen molar-refractivity contribution in [2.24, 2.45) is 5.92 Å². The Morgan fingerprint density at radius 3 is 2.82 bits per heavy atom. The minimum Gasteiger partial charge on any atom is -0.492 e. The number of carbonyl (C=O) groups is 1. The molecule has 6 nitrogen and oxygen atoms in total. The Kier molecular flexibility index (Phi) is 4.68. The minimum atomic E-state index is -1.16. The second-order valence-corrected chi connectivity index (χ2v) is 5.42. The number of carboxylic acid groups (broad SMARTS) is 1. The highest BCUT2D eigenvalue weighted by molar-refractivity contribution is 6.32. The Balaban J connectivity index is 2.38. The lowest BCUT2D eigenvalue weighted by molar-refractivity contribution is 0.0697. The first-order valence-corrected chi connectivity index (χ1v) is 6.96. The first kappa shape index (κ1) is 15.9. The van der Waals surface area contributed by atoms with Crippen LogP contribution in [0.1, 0.15) is 29.8 Å². The summed E-state index contributed by atoms with van der Waals surface area (Å²) in [7, 11) is 0. The van der Waals surface area contributed by atoms with Crippen LogP contribution in [-0.4, -0.2) is 27.5 Å². The molecule has 2 aromatic rings. The molecule has 0 saturated heterocycles. The molecule has 0 unspecified atom stereocenters. The Labute approximate surface area is 132 Å². The summed E-state index contributed by atoms with van der Waals surface area (Å²) < 4.78 is 6.84. The van der Waals surface area contributed by atoms with Crippen molar-refractivity contribution in [3.8, 4) is 17.5 Å². The Hall–Kier alpha value is -2.52. The summed E-state index contributed by atoms with van der Waals surface area (Å²) in [6.45, 7) is 4.52. The minimum absolute atomic E-state index is 0.0211. The molecule has 0 radical (unpaired) electrons. The van der Waals surface area contributed by atoms with E-state index in [1.165, 1.54) is 10.9 Å². The molecule has 1 aromatic carbocycles. The molecule has 0 spiro atoms. The third kappa shape index (κ3) is 3.21. The molecule has 0 aliphatic carbocycles. The molecule has 2 rings (SSSR count). The quantitative estimate of drug-likeness (QED) is 0.914. The lowest BCUT2D eigenvalue weighted by Crippen LogP contribution is -2.06. The van der Waals surface area contributed by atoms with Crippen LogP contribution in [0.4, 0.5) is 0 Å². The summed E-state index contributed by atoms with van der Waals surface area (Å²) in [6.07, 6.45) is 1.17. The van der Waals surface area contributed by atoms with Crippen molar-refractivity contribution < 1.29 is 14.6 Å². The van der Waals surface area contributed by atoms with E-state index < -0.39 is 5.97 Å². The van der Waals surface area contributed by atoms with Gasteiger partial charge >= 0.3 is 5.97 Å². The second kappa shape index (κ2) is 6.50. The average molecular weight is 320 g/mol. The number of nitriles is 1. The number of hydrogen-bond acceptors (Lipinski definition) is 4. The van der Waals surface area contributed by atoms with Crippen molar-refractivity contribution in [2.75, 3.05) is 6.61 Å². The van der Waals surface area contributed by atoms with Gasteiger partial charge in [0.15, 0.2) is 0 Å². The van der Waals surface area contributed by atoms with E-state index >= 15 is 0 Å². The van der Waals surface area contributed by atoms with E-state index in [0.717, 1.165) is 0 Å². The first-order chi connectivity index (χ1) is 10.4. The van der Waals surface area contributed by atoms with Gasteiger partial charge in [0, 0.05) is 0 Å². The lowest BCUT2D eigenvalue weighted by Gasteiger charge is -2.11. The van der Waals surface area contributed by atoms with Crippen LogP contribution in [0.5, 0.6) is 5.75 Å². The van der Waals surface area contributed by atoms with E-state index in [0.29, 0.717) is 29.5 Å². The predicted molar refractivity (Wildman–Crippen MR) is 80.6 cm³/mol. The highest BCUT2D eigenvalue weighted by Gasteiger charge is 2.17. The maximum absolute atomic E-state index is 11.0. The number of nitrogens with zero attached hydrogens (tertiary/aromatic N) is 3. The van der Waals surface area contributed by atoms with Gasteiger partial charge in [-0.05, 0) is 24.1 Å². The number of carboxylic acids is 1. The largest absolute Gasteiger partial charge is 0.492 e. The van der Waals surface area contributed by atoms with Gasteiger partial charge in [-0.2, -0.15) is 10.4 Å². The molecule has 1 aromatic heterocycles. The van der Waals surface area contributed by atoms with Crippen LogP contribution >= 0.6 is 11.6 Å². The van der Waals surface area contributed by atoms with Gasteiger partial charge in [-0.15, -0.1) is 0 Å². The van der Waals surface area contributed by atoms with Crippen LogP contribution < -0.4 is 4.74 Å². The third-order valence-corrected chi connectivity index (χ3v) is 3.20. The summed E-state index contributed by atoms with van der Waals surface area (Å²) in [6, 6.07) is 6.92. The number of halogens is 1. The zero-order chi connectivity index (χ0) is 16.3. The van der Waals surface area contributed by atoms with E-state index in [4.69, 9.17) is 21.4 Å². The number of benzene rings is 1. The molecular formula is C15H14ClN3O3. The average Bonchev–Trinajstić information content (AvgIpc) is 2.86. The maximum Gasteiger partial charge on any atom is 0.340 e. The van der Waals surface area contributed by atoms with Crippen LogP contribution in [0, 0.1) is 17.2 Å². The fourth-order valence-corrected chi connectivity index (χ4v) is 2.05. The van der Waals surface area contributed by atoms with Crippen molar-refractivity contribution in [2.45, 2.75) is 13.8 Å². The number of aromatic nitrogens is 2. The third-order valence-electron chi connectivity index (χ3n) is 2.84. The molecule has 0 fully saturated rings. The van der Waals surface area contributed by atoms with Gasteiger partial charge < -0.3 is 9.84 Å². The zero-order valence-corrected chi connectivity index (χ0v) is 12.8. The summed E-state index contributed by atoms with van der Waals surface area (Å²) in [5.41, 5.74) is 0.729. The molecule has 0 aliphatic heterocycles. The number of ether oxygens (including phenoxy) is 1. The van der Waals surface area contributed by atoms with Gasteiger partial charge in [-0.1, -0.05) is 25.4 Å². The van der Waals surface area contributed by atoms with Gasteiger partial charge in [0.25, 0.3) is 0 Å². The summed E-state index contributed by atoms with van der Waals surface area (Å²) >= 11 is 6.00. The molecule has 1 heterocycles. The Morgan fingerprint density at radius 2 is 2.27 bits per heavy atom. The Bertz CT molecular complexity index is 747. The van der Waals surface area contributed by atoms with Crippen molar-refractivity contribution in [3.63, 3.8) is 0 Å². The SMILES string of the molecule is CC(C)COc1ccc(-n2ncc(C(=O)O)c2Cl)cc1C#N. The van der Waals surface area contributed by atoms with Crippen molar-refractivity contribution in [1.82, 2.24) is 9.78 Å². The van der Waals surface area contributed by atoms with Crippen LogP contribution in [-0.2, 0) is 0 Å². The van der Waals surface area contributed by atoms with Gasteiger partial charge in [0.05, 0.1) is 24.1 Å².